The van der Waals surface area contributed by atoms with Crippen LogP contribution in [0.25, 0.3) is 0 Å². The minimum atomic E-state index is -1.83. The number of hydrogen-bond donors (Lipinski definition) is 0. The Morgan fingerprint density at radius 2 is 2.33 bits per heavy atom. The molecule has 52 valence electrons. The topological polar surface area (TPSA) is 17.1 Å². The Hall–Kier alpha value is -0.0300. The van der Waals surface area contributed by atoms with Gasteiger partial charge in [-0.05, 0) is 24.8 Å². The van der Waals surface area contributed by atoms with Crippen molar-refractivity contribution in [3.63, 3.8) is 0 Å². The highest BCUT2D eigenvalue weighted by molar-refractivity contribution is 7.67. The molecule has 2 unspecified atom stereocenters. The van der Waals surface area contributed by atoms with Crippen molar-refractivity contribution in [3.05, 3.63) is 11.4 Å². The molecule has 0 saturated carbocycles. The maximum atomic E-state index is 11.5. The summed E-state index contributed by atoms with van der Waals surface area (Å²) >= 11 is 0. The molecule has 1 rings (SSSR count). The van der Waals surface area contributed by atoms with E-state index in [0.29, 0.717) is 5.92 Å². The van der Waals surface area contributed by atoms with E-state index >= 15 is 0 Å². The lowest BCUT2D eigenvalue weighted by Crippen LogP contribution is -1.88. The van der Waals surface area contributed by atoms with Gasteiger partial charge in [0.25, 0.3) is 0 Å². The van der Waals surface area contributed by atoms with E-state index in [0.717, 1.165) is 11.5 Å². The van der Waals surface area contributed by atoms with Crippen LogP contribution in [-0.4, -0.2) is 12.8 Å². The first-order valence-electron chi connectivity index (χ1n) is 3.28. The van der Waals surface area contributed by atoms with Gasteiger partial charge < -0.3 is 4.57 Å². The highest BCUT2D eigenvalue weighted by Gasteiger charge is 2.26. The van der Waals surface area contributed by atoms with E-state index in [2.05, 4.69) is 13.0 Å². The summed E-state index contributed by atoms with van der Waals surface area (Å²) in [6.45, 7) is 5.97. The normalized spacial score (nSPS) is 43.0. The van der Waals surface area contributed by atoms with Gasteiger partial charge in [-0.3, -0.25) is 0 Å². The highest BCUT2D eigenvalue weighted by atomic mass is 31.2. The zero-order chi connectivity index (χ0) is 7.07. The minimum Gasteiger partial charge on any atom is -0.319 e. The maximum Gasteiger partial charge on any atom is 0.108 e. The van der Waals surface area contributed by atoms with E-state index in [1.807, 2.05) is 13.6 Å². The Morgan fingerprint density at radius 3 is 2.44 bits per heavy atom. The molecule has 0 aromatic heterocycles. The van der Waals surface area contributed by atoms with Gasteiger partial charge in [0.05, 0.1) is 0 Å². The Bertz CT molecular complexity index is 193. The van der Waals surface area contributed by atoms with Crippen LogP contribution in [0.1, 0.15) is 13.8 Å². The first kappa shape index (κ1) is 7.08. The van der Waals surface area contributed by atoms with Gasteiger partial charge in [-0.25, -0.2) is 0 Å². The molecule has 0 saturated heterocycles. The molecule has 0 amide bonds. The molecule has 1 nitrogen and oxygen atoms in total. The van der Waals surface area contributed by atoms with Crippen molar-refractivity contribution in [1.82, 2.24) is 0 Å². The minimum absolute atomic E-state index is 0.542. The third kappa shape index (κ3) is 1.27. The first-order valence-corrected chi connectivity index (χ1v) is 5.62. The first-order chi connectivity index (χ1) is 4.02. The Labute approximate surface area is 56.5 Å². The fourth-order valence-electron chi connectivity index (χ4n) is 1.32. The van der Waals surface area contributed by atoms with Crippen molar-refractivity contribution in [2.75, 3.05) is 12.8 Å². The van der Waals surface area contributed by atoms with Crippen molar-refractivity contribution in [2.24, 2.45) is 5.92 Å². The van der Waals surface area contributed by atoms with E-state index in [4.69, 9.17) is 0 Å². The van der Waals surface area contributed by atoms with Gasteiger partial charge in [0.2, 0.25) is 0 Å². The molecular weight excluding hydrogens is 131 g/mol. The van der Waals surface area contributed by atoms with Crippen LogP contribution in [0, 0.1) is 5.92 Å². The summed E-state index contributed by atoms with van der Waals surface area (Å²) < 4.78 is 11.5. The number of rotatable bonds is 0. The summed E-state index contributed by atoms with van der Waals surface area (Å²) in [4.78, 5) is 0. The SMILES string of the molecule is CC1=CC(C)CP1(C)=O. The predicted octanol–water partition coefficient (Wildman–Crippen LogP) is 2.53. The van der Waals surface area contributed by atoms with Crippen LogP contribution in [0.5, 0.6) is 0 Å². The molecule has 0 spiro atoms. The summed E-state index contributed by atoms with van der Waals surface area (Å²) in [5.74, 6) is 0.542. The summed E-state index contributed by atoms with van der Waals surface area (Å²) in [7, 11) is -1.83. The largest absolute Gasteiger partial charge is 0.319 e. The fourth-order valence-corrected chi connectivity index (χ4v) is 3.38. The zero-order valence-electron chi connectivity index (χ0n) is 6.22. The van der Waals surface area contributed by atoms with E-state index < -0.39 is 7.14 Å². The van der Waals surface area contributed by atoms with Gasteiger partial charge >= 0.3 is 0 Å². The molecule has 0 aromatic carbocycles. The molecule has 0 fully saturated rings. The van der Waals surface area contributed by atoms with Crippen LogP contribution in [0.2, 0.25) is 0 Å². The molecule has 9 heavy (non-hydrogen) atoms. The second kappa shape index (κ2) is 1.98. The van der Waals surface area contributed by atoms with Crippen molar-refractivity contribution in [2.45, 2.75) is 13.8 Å². The molecule has 0 radical (unpaired) electrons. The lowest BCUT2D eigenvalue weighted by molar-refractivity contribution is 0.581. The highest BCUT2D eigenvalue weighted by Crippen LogP contribution is 2.56. The summed E-state index contributed by atoms with van der Waals surface area (Å²) in [5, 5.41) is 1.12. The van der Waals surface area contributed by atoms with Crippen LogP contribution in [-0.2, 0) is 4.57 Å². The molecule has 0 aromatic rings. The second-order valence-corrected chi connectivity index (χ2v) is 6.34. The molecular formula is C7H13OP. The Morgan fingerprint density at radius 1 is 1.78 bits per heavy atom. The quantitative estimate of drug-likeness (QED) is 0.477. The van der Waals surface area contributed by atoms with Gasteiger partial charge in [-0.2, -0.15) is 0 Å². The van der Waals surface area contributed by atoms with Gasteiger partial charge in [0.15, 0.2) is 0 Å². The van der Waals surface area contributed by atoms with Crippen molar-refractivity contribution >= 4 is 7.14 Å². The fraction of sp³-hybridized carbons (Fsp3) is 0.714. The third-order valence-corrected chi connectivity index (χ3v) is 4.82. The molecule has 2 atom stereocenters. The molecule has 2 heteroatoms. The van der Waals surface area contributed by atoms with E-state index in [-0.39, 0.29) is 0 Å². The summed E-state index contributed by atoms with van der Waals surface area (Å²) in [5.41, 5.74) is 0. The predicted molar refractivity (Wildman–Crippen MR) is 41.3 cm³/mol. The molecule has 1 heterocycles. The lowest BCUT2D eigenvalue weighted by atomic mass is 10.2. The molecule has 1 aliphatic rings. The summed E-state index contributed by atoms with van der Waals surface area (Å²) in [6, 6.07) is 0. The van der Waals surface area contributed by atoms with Gasteiger partial charge in [-0.1, -0.05) is 13.0 Å². The van der Waals surface area contributed by atoms with E-state index in [1.165, 1.54) is 0 Å². The van der Waals surface area contributed by atoms with Gasteiger partial charge in [0.1, 0.15) is 7.14 Å². The zero-order valence-corrected chi connectivity index (χ0v) is 7.11. The van der Waals surface area contributed by atoms with E-state index in [9.17, 15) is 4.57 Å². The standard InChI is InChI=1S/C7H13OP/c1-6-4-7(2)9(3,8)5-6/h4,6H,5H2,1-3H3. The van der Waals surface area contributed by atoms with Crippen molar-refractivity contribution in [1.29, 1.82) is 0 Å². The number of allylic oxidation sites excluding steroid dienone is 2. The average Bonchev–Trinajstić information content (AvgIpc) is 1.79. The van der Waals surface area contributed by atoms with Gasteiger partial charge in [-0.15, -0.1) is 0 Å². The van der Waals surface area contributed by atoms with Gasteiger partial charge in [0, 0.05) is 6.16 Å². The van der Waals surface area contributed by atoms with Crippen LogP contribution in [0.15, 0.2) is 11.4 Å². The second-order valence-electron chi connectivity index (χ2n) is 3.07. The molecule has 0 aliphatic carbocycles. The smallest absolute Gasteiger partial charge is 0.108 e. The number of hydrogen-bond acceptors (Lipinski definition) is 1. The van der Waals surface area contributed by atoms with Crippen LogP contribution < -0.4 is 0 Å². The maximum absolute atomic E-state index is 11.5. The monoisotopic (exact) mass is 144 g/mol. The third-order valence-electron chi connectivity index (χ3n) is 1.91. The Balaban J connectivity index is 2.90. The van der Waals surface area contributed by atoms with Crippen LogP contribution in [0.4, 0.5) is 0 Å². The van der Waals surface area contributed by atoms with Crippen LogP contribution >= 0.6 is 7.14 Å². The lowest BCUT2D eigenvalue weighted by Gasteiger charge is -2.04. The van der Waals surface area contributed by atoms with Crippen molar-refractivity contribution < 1.29 is 4.57 Å². The molecule has 0 N–H and O–H groups in total. The average molecular weight is 144 g/mol. The van der Waals surface area contributed by atoms with Crippen molar-refractivity contribution in [3.8, 4) is 0 Å². The Kier molecular flexibility index (Phi) is 1.56. The summed E-state index contributed by atoms with van der Waals surface area (Å²) in [6.07, 6.45) is 3.01. The van der Waals surface area contributed by atoms with Crippen LogP contribution in [0.3, 0.4) is 0 Å². The molecule has 1 aliphatic heterocycles. The molecule has 0 bridgehead atoms. The van der Waals surface area contributed by atoms with E-state index in [1.54, 1.807) is 0 Å².